The van der Waals surface area contributed by atoms with E-state index in [1.165, 1.54) is 7.11 Å². The standard InChI is InChI=1S/C15H19NO3S/c1-19-14(18)12-9-15(12)3-5-16(6-4-15)13(17)8-11-2-7-20-10-11/h2,7,10,12H,3-6,8-9H2,1H3. The van der Waals surface area contributed by atoms with Gasteiger partial charge in [-0.05, 0) is 47.1 Å². The van der Waals surface area contributed by atoms with Crippen LogP contribution in [0.25, 0.3) is 0 Å². The summed E-state index contributed by atoms with van der Waals surface area (Å²) in [6, 6.07) is 2.00. The summed E-state index contributed by atoms with van der Waals surface area (Å²) < 4.78 is 4.83. The number of methoxy groups -OCH3 is 1. The van der Waals surface area contributed by atoms with Crippen LogP contribution in [0, 0.1) is 11.3 Å². The van der Waals surface area contributed by atoms with E-state index in [0.717, 1.165) is 37.9 Å². The van der Waals surface area contributed by atoms with Crippen molar-refractivity contribution in [3.05, 3.63) is 22.4 Å². The van der Waals surface area contributed by atoms with Crippen molar-refractivity contribution >= 4 is 23.2 Å². The number of nitrogens with zero attached hydrogens (tertiary/aromatic N) is 1. The zero-order valence-electron chi connectivity index (χ0n) is 11.6. The van der Waals surface area contributed by atoms with Crippen molar-refractivity contribution in [2.75, 3.05) is 20.2 Å². The molecule has 1 saturated heterocycles. The highest BCUT2D eigenvalue weighted by molar-refractivity contribution is 7.07. The van der Waals surface area contributed by atoms with Crippen LogP contribution in [-0.2, 0) is 20.7 Å². The van der Waals surface area contributed by atoms with Crippen LogP contribution in [0.1, 0.15) is 24.8 Å². The molecular formula is C15H19NO3S. The highest BCUT2D eigenvalue weighted by Crippen LogP contribution is 2.59. The van der Waals surface area contributed by atoms with Gasteiger partial charge in [-0.15, -0.1) is 0 Å². The Kier molecular flexibility index (Phi) is 3.54. The topological polar surface area (TPSA) is 46.6 Å². The fraction of sp³-hybridized carbons (Fsp3) is 0.600. The van der Waals surface area contributed by atoms with Gasteiger partial charge in [0.1, 0.15) is 0 Å². The molecule has 0 bridgehead atoms. The number of thiophene rings is 1. The molecule has 4 nitrogen and oxygen atoms in total. The van der Waals surface area contributed by atoms with Gasteiger partial charge in [0.15, 0.2) is 0 Å². The average molecular weight is 293 g/mol. The Balaban J connectivity index is 1.52. The van der Waals surface area contributed by atoms with E-state index in [1.54, 1.807) is 11.3 Å². The largest absolute Gasteiger partial charge is 0.469 e. The molecule has 1 amide bonds. The molecule has 1 aliphatic carbocycles. The van der Waals surface area contributed by atoms with Crippen LogP contribution >= 0.6 is 11.3 Å². The second-order valence-corrected chi connectivity index (χ2v) is 6.61. The van der Waals surface area contributed by atoms with Crippen LogP contribution < -0.4 is 0 Å². The summed E-state index contributed by atoms with van der Waals surface area (Å²) in [5.74, 6) is 0.193. The van der Waals surface area contributed by atoms with Crippen LogP contribution in [0.15, 0.2) is 16.8 Å². The van der Waals surface area contributed by atoms with Gasteiger partial charge in [-0.1, -0.05) is 0 Å². The third-order valence-electron chi connectivity index (χ3n) is 4.72. The Morgan fingerprint density at radius 2 is 2.20 bits per heavy atom. The van der Waals surface area contributed by atoms with E-state index in [-0.39, 0.29) is 23.2 Å². The van der Waals surface area contributed by atoms with Crippen LogP contribution in [0.5, 0.6) is 0 Å². The maximum Gasteiger partial charge on any atom is 0.309 e. The first kappa shape index (κ1) is 13.6. The molecule has 3 rings (SSSR count). The van der Waals surface area contributed by atoms with Gasteiger partial charge in [-0.2, -0.15) is 11.3 Å². The smallest absolute Gasteiger partial charge is 0.309 e. The van der Waals surface area contributed by atoms with E-state index in [4.69, 9.17) is 4.74 Å². The predicted molar refractivity (Wildman–Crippen MR) is 76.4 cm³/mol. The summed E-state index contributed by atoms with van der Waals surface area (Å²) in [6.07, 6.45) is 3.30. The molecule has 1 spiro atoms. The van der Waals surface area contributed by atoms with Crippen LogP contribution in [0.2, 0.25) is 0 Å². The molecule has 1 unspecified atom stereocenters. The van der Waals surface area contributed by atoms with Gasteiger partial charge in [0.05, 0.1) is 19.4 Å². The minimum atomic E-state index is -0.0805. The Hall–Kier alpha value is -1.36. The molecule has 108 valence electrons. The Labute approximate surface area is 122 Å². The highest BCUT2D eigenvalue weighted by Gasteiger charge is 2.59. The lowest BCUT2D eigenvalue weighted by Crippen LogP contribution is -2.40. The Bertz CT molecular complexity index is 503. The number of likely N-dealkylation sites (tertiary alicyclic amines) is 1. The normalized spacial score (nSPS) is 23.6. The molecule has 2 aliphatic rings. The van der Waals surface area contributed by atoms with Gasteiger partial charge in [0.25, 0.3) is 0 Å². The van der Waals surface area contributed by atoms with Crippen molar-refractivity contribution in [3.8, 4) is 0 Å². The molecule has 0 N–H and O–H groups in total. The molecule has 0 radical (unpaired) electrons. The van der Waals surface area contributed by atoms with Crippen molar-refractivity contribution in [1.29, 1.82) is 0 Å². The van der Waals surface area contributed by atoms with Crippen LogP contribution in [0.4, 0.5) is 0 Å². The summed E-state index contributed by atoms with van der Waals surface area (Å²) in [6.45, 7) is 1.55. The maximum absolute atomic E-state index is 12.2. The minimum absolute atomic E-state index is 0.0709. The second-order valence-electron chi connectivity index (χ2n) is 5.83. The Morgan fingerprint density at radius 3 is 2.80 bits per heavy atom. The third kappa shape index (κ3) is 2.46. The average Bonchev–Trinajstić information content (AvgIpc) is 2.91. The van der Waals surface area contributed by atoms with Crippen LogP contribution in [0.3, 0.4) is 0 Å². The number of ether oxygens (including phenoxy) is 1. The van der Waals surface area contributed by atoms with E-state index in [9.17, 15) is 9.59 Å². The molecule has 1 aliphatic heterocycles. The number of carbonyl (C=O) groups excluding carboxylic acids is 2. The van der Waals surface area contributed by atoms with E-state index in [2.05, 4.69) is 0 Å². The van der Waals surface area contributed by atoms with Gasteiger partial charge in [-0.25, -0.2) is 0 Å². The summed E-state index contributed by atoms with van der Waals surface area (Å²) in [7, 11) is 1.45. The quantitative estimate of drug-likeness (QED) is 0.802. The first-order valence-electron chi connectivity index (χ1n) is 7.01. The monoisotopic (exact) mass is 293 g/mol. The fourth-order valence-corrected chi connectivity index (χ4v) is 3.93. The lowest BCUT2D eigenvalue weighted by atomic mass is 9.90. The number of hydrogen-bond donors (Lipinski definition) is 0. The van der Waals surface area contributed by atoms with E-state index >= 15 is 0 Å². The predicted octanol–water partition coefficient (Wildman–Crippen LogP) is 2.09. The molecule has 1 aromatic heterocycles. The number of amides is 1. The van der Waals surface area contributed by atoms with Gasteiger partial charge in [-0.3, -0.25) is 9.59 Å². The van der Waals surface area contributed by atoms with Gasteiger partial charge in [0, 0.05) is 13.1 Å². The van der Waals surface area contributed by atoms with Gasteiger partial charge >= 0.3 is 5.97 Å². The zero-order chi connectivity index (χ0) is 14.2. The van der Waals surface area contributed by atoms with Crippen molar-refractivity contribution in [2.45, 2.75) is 25.7 Å². The number of rotatable bonds is 3. The number of piperidine rings is 1. The Morgan fingerprint density at radius 1 is 1.45 bits per heavy atom. The van der Waals surface area contributed by atoms with E-state index in [1.807, 2.05) is 21.7 Å². The lowest BCUT2D eigenvalue weighted by molar-refractivity contribution is -0.143. The second kappa shape index (κ2) is 5.20. The molecule has 1 saturated carbocycles. The first-order valence-corrected chi connectivity index (χ1v) is 7.95. The number of carbonyl (C=O) groups is 2. The number of esters is 1. The SMILES string of the molecule is COC(=O)C1CC12CCN(C(=O)Cc1ccsc1)CC2. The first-order chi connectivity index (χ1) is 9.64. The van der Waals surface area contributed by atoms with Crippen molar-refractivity contribution in [2.24, 2.45) is 11.3 Å². The molecule has 0 aromatic carbocycles. The molecule has 5 heteroatoms. The van der Waals surface area contributed by atoms with Gasteiger partial charge < -0.3 is 9.64 Å². The van der Waals surface area contributed by atoms with Gasteiger partial charge in [0.2, 0.25) is 5.91 Å². The molecule has 2 fully saturated rings. The third-order valence-corrected chi connectivity index (χ3v) is 5.45. The van der Waals surface area contributed by atoms with E-state index < -0.39 is 0 Å². The molecule has 2 heterocycles. The summed E-state index contributed by atoms with van der Waals surface area (Å²) in [5, 5.41) is 4.02. The summed E-state index contributed by atoms with van der Waals surface area (Å²) in [5.41, 5.74) is 1.23. The maximum atomic E-state index is 12.2. The van der Waals surface area contributed by atoms with Crippen molar-refractivity contribution < 1.29 is 14.3 Å². The molecular weight excluding hydrogens is 274 g/mol. The van der Waals surface area contributed by atoms with Crippen LogP contribution in [-0.4, -0.2) is 37.0 Å². The minimum Gasteiger partial charge on any atom is -0.469 e. The van der Waals surface area contributed by atoms with E-state index in [0.29, 0.717) is 6.42 Å². The molecule has 1 aromatic rings. The summed E-state index contributed by atoms with van der Waals surface area (Å²) in [4.78, 5) is 25.7. The van der Waals surface area contributed by atoms with Crippen molar-refractivity contribution in [3.63, 3.8) is 0 Å². The van der Waals surface area contributed by atoms with Crippen molar-refractivity contribution in [1.82, 2.24) is 4.90 Å². The molecule has 1 atom stereocenters. The fourth-order valence-electron chi connectivity index (χ4n) is 3.26. The summed E-state index contributed by atoms with van der Waals surface area (Å²) >= 11 is 1.62. The highest BCUT2D eigenvalue weighted by atomic mass is 32.1. The number of hydrogen-bond acceptors (Lipinski definition) is 4. The lowest BCUT2D eigenvalue weighted by Gasteiger charge is -2.32. The zero-order valence-corrected chi connectivity index (χ0v) is 12.4. The molecule has 20 heavy (non-hydrogen) atoms.